The summed E-state index contributed by atoms with van der Waals surface area (Å²) in [5.41, 5.74) is 1.03. The number of nitrogens with one attached hydrogen (secondary N) is 2. The highest BCUT2D eigenvalue weighted by atomic mass is 35.5. The Labute approximate surface area is 159 Å². The first-order chi connectivity index (χ1) is 12.5. The van der Waals surface area contributed by atoms with Gasteiger partial charge in [-0.3, -0.25) is 15.0 Å². The number of benzene rings is 1. The predicted octanol–water partition coefficient (Wildman–Crippen LogP) is 2.62. The van der Waals surface area contributed by atoms with Crippen LogP contribution in [0.3, 0.4) is 0 Å². The molecule has 0 spiro atoms. The Morgan fingerprint density at radius 1 is 1.12 bits per heavy atom. The quantitative estimate of drug-likeness (QED) is 0.845. The lowest BCUT2D eigenvalue weighted by Gasteiger charge is -2.38. The van der Waals surface area contributed by atoms with Crippen LogP contribution in [0.15, 0.2) is 24.3 Å². The maximum absolute atomic E-state index is 12.4. The minimum Gasteiger partial charge on any atom is -0.368 e. The Bertz CT molecular complexity index is 640. The number of imide groups is 1. The Hall–Kier alpha value is -1.79. The normalized spacial score (nSPS) is 20.0. The molecule has 1 aliphatic heterocycles. The molecule has 0 unspecified atom stereocenters. The molecule has 26 heavy (non-hydrogen) atoms. The molecule has 0 aromatic heterocycles. The van der Waals surface area contributed by atoms with E-state index < -0.39 is 0 Å². The van der Waals surface area contributed by atoms with Gasteiger partial charge in [-0.05, 0) is 31.9 Å². The lowest BCUT2D eigenvalue weighted by atomic mass is 10.2. The molecule has 1 aromatic carbocycles. The number of piperazine rings is 1. The zero-order chi connectivity index (χ0) is 18.5. The van der Waals surface area contributed by atoms with Crippen LogP contribution in [-0.4, -0.2) is 55.1 Å². The van der Waals surface area contributed by atoms with Crippen LogP contribution < -0.4 is 15.5 Å². The van der Waals surface area contributed by atoms with Gasteiger partial charge in [0.1, 0.15) is 0 Å². The third-order valence-electron chi connectivity index (χ3n) is 5.36. The van der Waals surface area contributed by atoms with Crippen molar-refractivity contribution in [2.45, 2.75) is 44.7 Å². The van der Waals surface area contributed by atoms with Crippen molar-refractivity contribution in [3.05, 3.63) is 29.3 Å². The third kappa shape index (κ3) is 4.68. The molecule has 1 saturated heterocycles. The third-order valence-corrected chi connectivity index (χ3v) is 5.68. The van der Waals surface area contributed by atoms with Crippen LogP contribution in [0.4, 0.5) is 10.5 Å². The smallest absolute Gasteiger partial charge is 0.321 e. The molecule has 2 N–H and O–H groups in total. The molecule has 1 aromatic rings. The molecule has 3 amide bonds. The molecule has 1 saturated carbocycles. The first-order valence-corrected chi connectivity index (χ1v) is 9.77. The molecular weight excluding hydrogens is 352 g/mol. The van der Waals surface area contributed by atoms with E-state index in [9.17, 15) is 9.59 Å². The van der Waals surface area contributed by atoms with Crippen LogP contribution in [0.5, 0.6) is 0 Å². The summed E-state index contributed by atoms with van der Waals surface area (Å²) in [7, 11) is 0. The van der Waals surface area contributed by atoms with Gasteiger partial charge >= 0.3 is 6.03 Å². The highest BCUT2D eigenvalue weighted by Gasteiger charge is 2.27. The average molecular weight is 379 g/mol. The number of hydrogen-bond acceptors (Lipinski definition) is 4. The van der Waals surface area contributed by atoms with Crippen LogP contribution in [0.25, 0.3) is 0 Å². The minimum atomic E-state index is -0.372. The highest BCUT2D eigenvalue weighted by Crippen LogP contribution is 2.26. The van der Waals surface area contributed by atoms with Gasteiger partial charge in [0.2, 0.25) is 5.91 Å². The Kier molecular flexibility index (Phi) is 6.38. The number of para-hydroxylation sites is 1. The second-order valence-electron chi connectivity index (χ2n) is 7.09. The molecular formula is C19H27ClN4O2. The molecule has 2 fully saturated rings. The fraction of sp³-hybridized carbons (Fsp3) is 0.579. The number of nitrogens with zero attached hydrogens (tertiary/aromatic N) is 2. The van der Waals surface area contributed by atoms with Crippen LogP contribution in [0, 0.1) is 0 Å². The van der Waals surface area contributed by atoms with E-state index in [4.69, 9.17) is 11.6 Å². The van der Waals surface area contributed by atoms with Crippen LogP contribution >= 0.6 is 11.6 Å². The lowest BCUT2D eigenvalue weighted by Crippen LogP contribution is -2.56. The molecule has 2 aliphatic rings. The Morgan fingerprint density at radius 2 is 1.77 bits per heavy atom. The zero-order valence-electron chi connectivity index (χ0n) is 15.2. The molecule has 1 atom stereocenters. The maximum Gasteiger partial charge on any atom is 0.321 e. The van der Waals surface area contributed by atoms with Crippen LogP contribution in [-0.2, 0) is 4.79 Å². The van der Waals surface area contributed by atoms with Crippen molar-refractivity contribution in [2.24, 2.45) is 0 Å². The SMILES string of the molecule is C[C@@H](C(=O)NC(=O)NC1CCCC1)N1CCN(c2ccccc2Cl)CC1. The van der Waals surface area contributed by atoms with Gasteiger partial charge in [-0.1, -0.05) is 36.6 Å². The van der Waals surface area contributed by atoms with E-state index in [0.717, 1.165) is 62.6 Å². The number of carbonyl (C=O) groups excluding carboxylic acids is 2. The lowest BCUT2D eigenvalue weighted by molar-refractivity contribution is -0.124. The topological polar surface area (TPSA) is 64.7 Å². The number of hydrogen-bond donors (Lipinski definition) is 2. The monoisotopic (exact) mass is 378 g/mol. The summed E-state index contributed by atoms with van der Waals surface area (Å²) in [5.74, 6) is -0.244. The Balaban J connectivity index is 1.46. The Morgan fingerprint density at radius 3 is 2.42 bits per heavy atom. The van der Waals surface area contributed by atoms with Crippen molar-refractivity contribution in [1.29, 1.82) is 0 Å². The van der Waals surface area contributed by atoms with Gasteiger partial charge in [0.05, 0.1) is 16.8 Å². The molecule has 3 rings (SSSR count). The first-order valence-electron chi connectivity index (χ1n) is 9.39. The highest BCUT2D eigenvalue weighted by molar-refractivity contribution is 6.33. The van der Waals surface area contributed by atoms with E-state index in [2.05, 4.69) is 20.4 Å². The fourth-order valence-electron chi connectivity index (χ4n) is 3.73. The van der Waals surface area contributed by atoms with E-state index in [-0.39, 0.29) is 24.0 Å². The first kappa shape index (κ1) is 19.0. The van der Waals surface area contributed by atoms with Crippen molar-refractivity contribution in [3.8, 4) is 0 Å². The summed E-state index contributed by atoms with van der Waals surface area (Å²) in [4.78, 5) is 28.7. The zero-order valence-corrected chi connectivity index (χ0v) is 16.0. The van der Waals surface area contributed by atoms with Crippen molar-refractivity contribution in [2.75, 3.05) is 31.1 Å². The van der Waals surface area contributed by atoms with E-state index in [1.54, 1.807) is 0 Å². The predicted molar refractivity (Wildman–Crippen MR) is 104 cm³/mol. The molecule has 0 bridgehead atoms. The number of anilines is 1. The van der Waals surface area contributed by atoms with Gasteiger partial charge in [0.25, 0.3) is 0 Å². The second kappa shape index (κ2) is 8.73. The van der Waals surface area contributed by atoms with E-state index in [0.29, 0.717) is 0 Å². The van der Waals surface area contributed by atoms with Crippen LogP contribution in [0.1, 0.15) is 32.6 Å². The summed E-state index contributed by atoms with van der Waals surface area (Å²) < 4.78 is 0. The van der Waals surface area contributed by atoms with Crippen molar-refractivity contribution in [3.63, 3.8) is 0 Å². The number of carbonyl (C=O) groups is 2. The van der Waals surface area contributed by atoms with Gasteiger partial charge in [-0.25, -0.2) is 4.79 Å². The fourth-order valence-corrected chi connectivity index (χ4v) is 3.99. The van der Waals surface area contributed by atoms with Gasteiger partial charge in [-0.15, -0.1) is 0 Å². The largest absolute Gasteiger partial charge is 0.368 e. The molecule has 6 nitrogen and oxygen atoms in total. The molecule has 1 heterocycles. The summed E-state index contributed by atoms with van der Waals surface area (Å²) in [5, 5.41) is 6.13. The summed E-state index contributed by atoms with van der Waals surface area (Å²) >= 11 is 6.27. The summed E-state index contributed by atoms with van der Waals surface area (Å²) in [6, 6.07) is 7.31. The summed E-state index contributed by atoms with van der Waals surface area (Å²) in [6.45, 7) is 4.96. The second-order valence-corrected chi connectivity index (χ2v) is 7.50. The average Bonchev–Trinajstić information content (AvgIpc) is 3.14. The number of halogens is 1. The minimum absolute atomic E-state index is 0.206. The number of urea groups is 1. The van der Waals surface area contributed by atoms with Crippen molar-refractivity contribution >= 4 is 29.2 Å². The van der Waals surface area contributed by atoms with E-state index in [1.807, 2.05) is 31.2 Å². The van der Waals surface area contributed by atoms with Crippen molar-refractivity contribution < 1.29 is 9.59 Å². The standard InChI is InChI=1S/C19H27ClN4O2/c1-14(18(25)22-19(26)21-15-6-2-3-7-15)23-10-12-24(13-11-23)17-9-5-4-8-16(17)20/h4-5,8-9,14-15H,2-3,6-7,10-13H2,1H3,(H2,21,22,25,26)/t14-/m0/s1. The van der Waals surface area contributed by atoms with Crippen LogP contribution in [0.2, 0.25) is 5.02 Å². The molecule has 7 heteroatoms. The number of rotatable bonds is 4. The van der Waals surface area contributed by atoms with Gasteiger partial charge in [0, 0.05) is 32.2 Å². The van der Waals surface area contributed by atoms with E-state index >= 15 is 0 Å². The van der Waals surface area contributed by atoms with Crippen molar-refractivity contribution in [1.82, 2.24) is 15.5 Å². The van der Waals surface area contributed by atoms with Gasteiger partial charge < -0.3 is 10.2 Å². The molecule has 0 radical (unpaired) electrons. The maximum atomic E-state index is 12.4. The van der Waals surface area contributed by atoms with Gasteiger partial charge in [-0.2, -0.15) is 0 Å². The van der Waals surface area contributed by atoms with Gasteiger partial charge in [0.15, 0.2) is 0 Å². The number of amides is 3. The molecule has 142 valence electrons. The summed E-state index contributed by atoms with van der Waals surface area (Å²) in [6.07, 6.45) is 4.29. The molecule has 1 aliphatic carbocycles. The van der Waals surface area contributed by atoms with E-state index in [1.165, 1.54) is 0 Å².